The van der Waals surface area contributed by atoms with Gasteiger partial charge in [0.05, 0.1) is 6.61 Å². The Morgan fingerprint density at radius 2 is 2.64 bits per heavy atom. The van der Waals surface area contributed by atoms with Crippen LogP contribution in [0, 0.1) is 0 Å². The second kappa shape index (κ2) is 3.98. The fourth-order valence-corrected chi connectivity index (χ4v) is 0.869. The van der Waals surface area contributed by atoms with Crippen molar-refractivity contribution in [1.82, 2.24) is 9.97 Å². The number of anilines is 1. The van der Waals surface area contributed by atoms with Gasteiger partial charge in [-0.1, -0.05) is 0 Å². The number of aromatic amines is 1. The average molecular weight is 155 g/mol. The van der Waals surface area contributed by atoms with Crippen molar-refractivity contribution >= 4 is 5.95 Å². The van der Waals surface area contributed by atoms with Crippen LogP contribution in [0.2, 0.25) is 0 Å². The van der Waals surface area contributed by atoms with E-state index in [0.29, 0.717) is 6.61 Å². The average Bonchev–Trinajstić information content (AvgIpc) is 2.40. The van der Waals surface area contributed by atoms with Crippen LogP contribution in [0.25, 0.3) is 0 Å². The van der Waals surface area contributed by atoms with Crippen LogP contribution in [0.3, 0.4) is 0 Å². The quantitative estimate of drug-likeness (QED) is 0.678. The summed E-state index contributed by atoms with van der Waals surface area (Å²) in [7, 11) is 1.68. The maximum atomic E-state index is 4.95. The van der Waals surface area contributed by atoms with Gasteiger partial charge >= 0.3 is 0 Å². The van der Waals surface area contributed by atoms with E-state index in [9.17, 15) is 0 Å². The van der Waals surface area contributed by atoms with E-state index in [-0.39, 0.29) is 6.04 Å². The normalized spacial score (nSPS) is 12.9. The van der Waals surface area contributed by atoms with Gasteiger partial charge in [0.15, 0.2) is 5.95 Å². The van der Waals surface area contributed by atoms with Crippen molar-refractivity contribution in [3.63, 3.8) is 0 Å². The standard InChI is InChI=1S/C7H13N3O/c1-6(5-11-2)10-7-8-3-4-9-7/h3-4,6H,5H2,1-2H3,(H2,8,9,10). The number of rotatable bonds is 4. The van der Waals surface area contributed by atoms with Gasteiger partial charge in [-0.3, -0.25) is 0 Å². The van der Waals surface area contributed by atoms with Crippen molar-refractivity contribution in [2.24, 2.45) is 0 Å². The molecule has 0 saturated heterocycles. The molecular formula is C7H13N3O. The van der Waals surface area contributed by atoms with E-state index in [1.54, 1.807) is 19.5 Å². The molecule has 2 N–H and O–H groups in total. The highest BCUT2D eigenvalue weighted by molar-refractivity contribution is 5.24. The molecule has 0 aliphatic rings. The van der Waals surface area contributed by atoms with E-state index in [4.69, 9.17) is 4.74 Å². The summed E-state index contributed by atoms with van der Waals surface area (Å²) in [5.74, 6) is 0.787. The Morgan fingerprint density at radius 3 is 3.18 bits per heavy atom. The van der Waals surface area contributed by atoms with Gasteiger partial charge in [0, 0.05) is 25.5 Å². The molecule has 1 atom stereocenters. The topological polar surface area (TPSA) is 49.9 Å². The summed E-state index contributed by atoms with van der Waals surface area (Å²) < 4.78 is 4.95. The fourth-order valence-electron chi connectivity index (χ4n) is 0.869. The Kier molecular flexibility index (Phi) is 2.92. The van der Waals surface area contributed by atoms with Crippen LogP contribution in [-0.2, 0) is 4.74 Å². The molecule has 0 amide bonds. The molecule has 0 fully saturated rings. The van der Waals surface area contributed by atoms with Crippen LogP contribution < -0.4 is 5.32 Å². The first kappa shape index (κ1) is 8.07. The molecule has 0 spiro atoms. The van der Waals surface area contributed by atoms with E-state index in [1.165, 1.54) is 0 Å². The highest BCUT2D eigenvalue weighted by Gasteiger charge is 2.00. The summed E-state index contributed by atoms with van der Waals surface area (Å²) in [6.45, 7) is 2.72. The highest BCUT2D eigenvalue weighted by Crippen LogP contribution is 1.97. The summed E-state index contributed by atoms with van der Waals surface area (Å²) in [4.78, 5) is 6.96. The number of ether oxygens (including phenoxy) is 1. The summed E-state index contributed by atoms with van der Waals surface area (Å²) in [5.41, 5.74) is 0. The minimum Gasteiger partial charge on any atom is -0.383 e. The Balaban J connectivity index is 2.31. The van der Waals surface area contributed by atoms with E-state index >= 15 is 0 Å². The Morgan fingerprint density at radius 1 is 1.82 bits per heavy atom. The van der Waals surface area contributed by atoms with E-state index in [0.717, 1.165) is 5.95 Å². The summed E-state index contributed by atoms with van der Waals surface area (Å²) in [5, 5.41) is 3.13. The second-order valence-corrected chi connectivity index (χ2v) is 2.44. The van der Waals surface area contributed by atoms with Gasteiger partial charge in [-0.05, 0) is 6.92 Å². The smallest absolute Gasteiger partial charge is 0.200 e. The third-order valence-corrected chi connectivity index (χ3v) is 1.30. The largest absolute Gasteiger partial charge is 0.383 e. The fraction of sp³-hybridized carbons (Fsp3) is 0.571. The summed E-state index contributed by atoms with van der Waals surface area (Å²) in [6.07, 6.45) is 3.49. The van der Waals surface area contributed by atoms with Crippen LogP contribution in [0.4, 0.5) is 5.95 Å². The Labute approximate surface area is 66.0 Å². The number of hydrogen-bond acceptors (Lipinski definition) is 3. The van der Waals surface area contributed by atoms with Gasteiger partial charge in [-0.25, -0.2) is 4.98 Å². The van der Waals surface area contributed by atoms with Crippen molar-refractivity contribution in [3.8, 4) is 0 Å². The zero-order valence-electron chi connectivity index (χ0n) is 6.79. The van der Waals surface area contributed by atoms with Crippen molar-refractivity contribution < 1.29 is 4.74 Å². The van der Waals surface area contributed by atoms with Gasteiger partial charge in [-0.15, -0.1) is 0 Å². The van der Waals surface area contributed by atoms with Crippen molar-refractivity contribution in [1.29, 1.82) is 0 Å². The second-order valence-electron chi connectivity index (χ2n) is 2.44. The molecule has 0 radical (unpaired) electrons. The minimum atomic E-state index is 0.283. The Hall–Kier alpha value is -1.03. The zero-order valence-corrected chi connectivity index (χ0v) is 6.79. The van der Waals surface area contributed by atoms with Crippen LogP contribution in [0.15, 0.2) is 12.4 Å². The molecule has 4 nitrogen and oxygen atoms in total. The lowest BCUT2D eigenvalue weighted by Gasteiger charge is -2.10. The molecule has 0 aliphatic heterocycles. The summed E-state index contributed by atoms with van der Waals surface area (Å²) >= 11 is 0. The number of imidazole rings is 1. The lowest BCUT2D eigenvalue weighted by molar-refractivity contribution is 0.190. The molecule has 62 valence electrons. The molecule has 1 heterocycles. The molecule has 1 unspecified atom stereocenters. The van der Waals surface area contributed by atoms with Gasteiger partial charge in [-0.2, -0.15) is 0 Å². The van der Waals surface area contributed by atoms with E-state index in [1.807, 2.05) is 6.92 Å². The van der Waals surface area contributed by atoms with Gasteiger partial charge in [0.2, 0.25) is 0 Å². The molecule has 0 saturated carbocycles. The molecule has 1 rings (SSSR count). The molecular weight excluding hydrogens is 142 g/mol. The van der Waals surface area contributed by atoms with E-state index in [2.05, 4.69) is 15.3 Å². The zero-order chi connectivity index (χ0) is 8.10. The van der Waals surface area contributed by atoms with E-state index < -0.39 is 0 Å². The maximum Gasteiger partial charge on any atom is 0.200 e. The van der Waals surface area contributed by atoms with Crippen molar-refractivity contribution in [3.05, 3.63) is 12.4 Å². The SMILES string of the molecule is COCC(C)Nc1ncc[nH]1. The minimum absolute atomic E-state index is 0.283. The van der Waals surface area contributed by atoms with Gasteiger partial charge in [0.25, 0.3) is 0 Å². The molecule has 4 heteroatoms. The number of methoxy groups -OCH3 is 1. The molecule has 0 aromatic carbocycles. The molecule has 1 aromatic rings. The van der Waals surface area contributed by atoms with Crippen molar-refractivity contribution in [2.75, 3.05) is 19.0 Å². The van der Waals surface area contributed by atoms with Crippen LogP contribution in [0.5, 0.6) is 0 Å². The van der Waals surface area contributed by atoms with Crippen LogP contribution >= 0.6 is 0 Å². The van der Waals surface area contributed by atoms with Crippen LogP contribution in [-0.4, -0.2) is 29.7 Å². The first-order valence-electron chi connectivity index (χ1n) is 3.58. The lowest BCUT2D eigenvalue weighted by Crippen LogP contribution is -2.21. The third-order valence-electron chi connectivity index (χ3n) is 1.30. The monoisotopic (exact) mass is 155 g/mol. The number of hydrogen-bond donors (Lipinski definition) is 2. The Bertz CT molecular complexity index is 186. The number of aromatic nitrogens is 2. The molecule has 0 aliphatic carbocycles. The van der Waals surface area contributed by atoms with Gasteiger partial charge < -0.3 is 15.0 Å². The predicted molar refractivity (Wildman–Crippen MR) is 43.5 cm³/mol. The third kappa shape index (κ3) is 2.59. The molecule has 0 bridgehead atoms. The summed E-state index contributed by atoms with van der Waals surface area (Å²) in [6, 6.07) is 0.283. The number of nitrogens with zero attached hydrogens (tertiary/aromatic N) is 1. The molecule has 1 aromatic heterocycles. The van der Waals surface area contributed by atoms with Crippen LogP contribution in [0.1, 0.15) is 6.92 Å². The predicted octanol–water partition coefficient (Wildman–Crippen LogP) is 0.856. The van der Waals surface area contributed by atoms with Crippen molar-refractivity contribution in [2.45, 2.75) is 13.0 Å². The number of nitrogens with one attached hydrogen (secondary N) is 2. The number of H-pyrrole nitrogens is 1. The highest BCUT2D eigenvalue weighted by atomic mass is 16.5. The first-order valence-corrected chi connectivity index (χ1v) is 3.58. The van der Waals surface area contributed by atoms with Gasteiger partial charge in [0.1, 0.15) is 0 Å². The first-order chi connectivity index (χ1) is 5.33. The maximum absolute atomic E-state index is 4.95. The molecule has 11 heavy (non-hydrogen) atoms. The lowest BCUT2D eigenvalue weighted by atomic mass is 10.4.